The molecule has 3 heteroatoms. The fraction of sp³-hybridized carbons (Fsp3) is 0.600. The lowest BCUT2D eigenvalue weighted by Gasteiger charge is -2.07. The summed E-state index contributed by atoms with van der Waals surface area (Å²) in [4.78, 5) is 2.01. The molecule has 0 N–H and O–H groups in total. The average Bonchev–Trinajstić information content (AvgIpc) is 2.67. The molecule has 0 aromatic carbocycles. The highest BCUT2D eigenvalue weighted by atomic mass is 79.9. The Balaban J connectivity index is 2.19. The molecule has 1 aromatic heterocycles. The standard InChI is InChI=1S/C10H12Br2S/c1-5-3-7(5)10(12)8-4-9(11)13-6(8)2/h4-5,7,10H,3H2,1-2H3. The van der Waals surface area contributed by atoms with E-state index in [9.17, 15) is 0 Å². The van der Waals surface area contributed by atoms with Crippen LogP contribution >= 0.6 is 43.2 Å². The van der Waals surface area contributed by atoms with Crippen molar-refractivity contribution in [2.45, 2.75) is 25.1 Å². The summed E-state index contributed by atoms with van der Waals surface area (Å²) in [7, 11) is 0. The molecule has 72 valence electrons. The highest BCUT2D eigenvalue weighted by molar-refractivity contribution is 9.11. The van der Waals surface area contributed by atoms with Gasteiger partial charge in [-0.2, -0.15) is 0 Å². The first-order chi connectivity index (χ1) is 6.09. The second-order valence-corrected chi connectivity index (χ2v) is 7.46. The quantitative estimate of drug-likeness (QED) is 0.678. The molecule has 3 atom stereocenters. The molecule has 0 saturated heterocycles. The maximum absolute atomic E-state index is 3.80. The normalized spacial score (nSPS) is 28.9. The molecule has 0 aliphatic heterocycles. The third-order valence-electron chi connectivity index (χ3n) is 2.77. The van der Waals surface area contributed by atoms with Crippen LogP contribution in [0, 0.1) is 18.8 Å². The largest absolute Gasteiger partial charge is 0.133 e. The lowest BCUT2D eigenvalue weighted by Crippen LogP contribution is -1.93. The van der Waals surface area contributed by atoms with E-state index in [1.165, 1.54) is 20.6 Å². The molecule has 3 unspecified atom stereocenters. The molecule has 0 spiro atoms. The summed E-state index contributed by atoms with van der Waals surface area (Å²) in [6.45, 7) is 4.53. The van der Waals surface area contributed by atoms with Crippen molar-refractivity contribution in [1.29, 1.82) is 0 Å². The van der Waals surface area contributed by atoms with Gasteiger partial charge in [-0.1, -0.05) is 22.9 Å². The van der Waals surface area contributed by atoms with Gasteiger partial charge in [-0.05, 0) is 52.7 Å². The van der Waals surface area contributed by atoms with Crippen LogP contribution in [0.2, 0.25) is 0 Å². The van der Waals surface area contributed by atoms with Crippen molar-refractivity contribution >= 4 is 43.2 Å². The first-order valence-electron chi connectivity index (χ1n) is 4.49. The van der Waals surface area contributed by atoms with Crippen molar-refractivity contribution in [3.63, 3.8) is 0 Å². The van der Waals surface area contributed by atoms with Crippen LogP contribution < -0.4 is 0 Å². The van der Waals surface area contributed by atoms with Crippen LogP contribution in [0.4, 0.5) is 0 Å². The number of thiophene rings is 1. The SMILES string of the molecule is Cc1sc(Br)cc1C(Br)C1CC1C. The Kier molecular flexibility index (Phi) is 2.87. The summed E-state index contributed by atoms with van der Waals surface area (Å²) in [5, 5.41) is 0. The first kappa shape index (κ1) is 10.2. The molecule has 2 rings (SSSR count). The maximum atomic E-state index is 3.80. The first-order valence-corrected chi connectivity index (χ1v) is 7.02. The van der Waals surface area contributed by atoms with Crippen molar-refractivity contribution in [2.24, 2.45) is 11.8 Å². The van der Waals surface area contributed by atoms with Gasteiger partial charge in [-0.15, -0.1) is 11.3 Å². The van der Waals surface area contributed by atoms with Crippen LogP contribution in [0.5, 0.6) is 0 Å². The predicted molar refractivity (Wildman–Crippen MR) is 65.7 cm³/mol. The molecule has 1 heterocycles. The van der Waals surface area contributed by atoms with E-state index in [0.717, 1.165) is 11.8 Å². The van der Waals surface area contributed by atoms with Gasteiger partial charge < -0.3 is 0 Å². The highest BCUT2D eigenvalue weighted by Crippen LogP contribution is 2.52. The summed E-state index contributed by atoms with van der Waals surface area (Å²) in [5.41, 5.74) is 1.48. The van der Waals surface area contributed by atoms with Crippen LogP contribution in [0.3, 0.4) is 0 Å². The lowest BCUT2D eigenvalue weighted by atomic mass is 10.1. The summed E-state index contributed by atoms with van der Waals surface area (Å²) in [6.07, 6.45) is 1.38. The minimum Gasteiger partial charge on any atom is -0.133 e. The van der Waals surface area contributed by atoms with Gasteiger partial charge in [0.25, 0.3) is 0 Å². The predicted octanol–water partition coefficient (Wildman–Crippen LogP) is 4.91. The minimum atomic E-state index is 0.574. The molecule has 1 fully saturated rings. The second kappa shape index (κ2) is 3.67. The van der Waals surface area contributed by atoms with Gasteiger partial charge in [0, 0.05) is 9.70 Å². The maximum Gasteiger partial charge on any atom is 0.0704 e. The van der Waals surface area contributed by atoms with Crippen LogP contribution in [0.15, 0.2) is 9.85 Å². The van der Waals surface area contributed by atoms with Crippen molar-refractivity contribution < 1.29 is 0 Å². The molecule has 1 aliphatic rings. The molecule has 1 aromatic rings. The molecule has 0 radical (unpaired) electrons. The van der Waals surface area contributed by atoms with E-state index in [4.69, 9.17) is 0 Å². The Morgan fingerprint density at radius 1 is 1.62 bits per heavy atom. The fourth-order valence-corrected chi connectivity index (χ4v) is 4.84. The van der Waals surface area contributed by atoms with Crippen molar-refractivity contribution in [3.8, 4) is 0 Å². The zero-order chi connectivity index (χ0) is 9.59. The Morgan fingerprint density at radius 3 is 2.62 bits per heavy atom. The molecule has 0 bridgehead atoms. The molecular weight excluding hydrogens is 312 g/mol. The van der Waals surface area contributed by atoms with Gasteiger partial charge in [0.2, 0.25) is 0 Å². The number of hydrogen-bond acceptors (Lipinski definition) is 1. The number of alkyl halides is 1. The van der Waals surface area contributed by atoms with E-state index in [2.05, 4.69) is 51.8 Å². The van der Waals surface area contributed by atoms with Crippen LogP contribution in [0.1, 0.15) is 28.6 Å². The van der Waals surface area contributed by atoms with E-state index in [1.54, 1.807) is 0 Å². The van der Waals surface area contributed by atoms with Gasteiger partial charge in [-0.25, -0.2) is 0 Å². The third-order valence-corrected chi connectivity index (χ3v) is 5.51. The molecule has 0 amide bonds. The Labute approximate surface area is 100.0 Å². The molecule has 13 heavy (non-hydrogen) atoms. The lowest BCUT2D eigenvalue weighted by molar-refractivity contribution is 0.739. The van der Waals surface area contributed by atoms with Crippen molar-refractivity contribution in [1.82, 2.24) is 0 Å². The summed E-state index contributed by atoms with van der Waals surface area (Å²) >= 11 is 9.17. The molecular formula is C10H12Br2S. The average molecular weight is 324 g/mol. The zero-order valence-electron chi connectivity index (χ0n) is 7.68. The zero-order valence-corrected chi connectivity index (χ0v) is 11.7. The van der Waals surface area contributed by atoms with Crippen molar-refractivity contribution in [3.05, 3.63) is 20.3 Å². The van der Waals surface area contributed by atoms with Gasteiger partial charge in [0.1, 0.15) is 0 Å². The van der Waals surface area contributed by atoms with Gasteiger partial charge >= 0.3 is 0 Å². The topological polar surface area (TPSA) is 0 Å². The molecule has 1 aliphatic carbocycles. The second-order valence-electron chi connectivity index (χ2n) is 3.84. The summed E-state index contributed by atoms with van der Waals surface area (Å²) < 4.78 is 1.25. The Bertz CT molecular complexity index is 319. The molecule has 0 nitrogen and oxygen atoms in total. The Hall–Kier alpha value is 0.660. The van der Waals surface area contributed by atoms with Crippen molar-refractivity contribution in [2.75, 3.05) is 0 Å². The number of rotatable bonds is 2. The number of aryl methyl sites for hydroxylation is 1. The third kappa shape index (κ3) is 2.02. The van der Waals surface area contributed by atoms with E-state index < -0.39 is 0 Å². The summed E-state index contributed by atoms with van der Waals surface area (Å²) in [6, 6.07) is 2.25. The van der Waals surface area contributed by atoms with E-state index in [-0.39, 0.29) is 0 Å². The van der Waals surface area contributed by atoms with Gasteiger partial charge in [0.05, 0.1) is 3.79 Å². The van der Waals surface area contributed by atoms with E-state index in [1.807, 2.05) is 11.3 Å². The van der Waals surface area contributed by atoms with Crippen LogP contribution in [-0.4, -0.2) is 0 Å². The van der Waals surface area contributed by atoms with Gasteiger partial charge in [0.15, 0.2) is 0 Å². The number of hydrogen-bond donors (Lipinski definition) is 0. The smallest absolute Gasteiger partial charge is 0.0704 e. The molecule has 1 saturated carbocycles. The number of halogens is 2. The highest BCUT2D eigenvalue weighted by Gasteiger charge is 2.39. The monoisotopic (exact) mass is 322 g/mol. The van der Waals surface area contributed by atoms with Crippen LogP contribution in [-0.2, 0) is 0 Å². The minimum absolute atomic E-state index is 0.574. The van der Waals surface area contributed by atoms with E-state index >= 15 is 0 Å². The fourth-order valence-electron chi connectivity index (χ4n) is 1.72. The summed E-state index contributed by atoms with van der Waals surface area (Å²) in [5.74, 6) is 1.77. The van der Waals surface area contributed by atoms with Crippen LogP contribution in [0.25, 0.3) is 0 Å². The van der Waals surface area contributed by atoms with E-state index in [0.29, 0.717) is 4.83 Å². The van der Waals surface area contributed by atoms with Gasteiger partial charge in [-0.3, -0.25) is 0 Å². The Morgan fingerprint density at radius 2 is 2.23 bits per heavy atom.